The topological polar surface area (TPSA) is 89.7 Å². The smallest absolute Gasteiger partial charge is 0.239 e. The van der Waals surface area contributed by atoms with Crippen LogP contribution < -0.4 is 16.0 Å². The van der Waals surface area contributed by atoms with Gasteiger partial charge in [0, 0.05) is 32.9 Å². The number of nitrogens with one attached hydrogen (secondary N) is 1. The van der Waals surface area contributed by atoms with Gasteiger partial charge < -0.3 is 25.4 Å². The Balaban J connectivity index is 1.85. The second kappa shape index (κ2) is 8.07. The summed E-state index contributed by atoms with van der Waals surface area (Å²) in [5, 5.41) is 2.77. The molecule has 2 unspecified atom stereocenters. The maximum Gasteiger partial charge on any atom is 0.239 e. The molecule has 0 aliphatic carbocycles. The van der Waals surface area contributed by atoms with E-state index in [-0.39, 0.29) is 18.6 Å². The average molecular weight is 308 g/mol. The lowest BCUT2D eigenvalue weighted by molar-refractivity contribution is -0.123. The number of amides is 1. The van der Waals surface area contributed by atoms with Crippen molar-refractivity contribution in [3.8, 4) is 0 Å². The minimum atomic E-state index is -0.646. The summed E-state index contributed by atoms with van der Waals surface area (Å²) in [6, 6.07) is 3.28. The molecule has 1 fully saturated rings. The zero-order valence-electron chi connectivity index (χ0n) is 13.1. The van der Waals surface area contributed by atoms with Crippen LogP contribution in [0.5, 0.6) is 0 Å². The number of carbonyl (C=O) groups excluding carboxylic acids is 1. The molecule has 1 aliphatic heterocycles. The number of morpholine rings is 1. The first kappa shape index (κ1) is 16.7. The standard InChI is InChI=1S/C15H24N4O3/c1-11-9-19(5-6-22-11)14-4-3-12(7-17-14)8-18-15(20)13(16)10-21-2/h3-4,7,11,13H,5-6,8-10,16H2,1-2H3,(H,18,20). The molecule has 0 bridgehead atoms. The number of nitrogens with zero attached hydrogens (tertiary/aromatic N) is 2. The fourth-order valence-electron chi connectivity index (χ4n) is 2.31. The van der Waals surface area contributed by atoms with Crippen LogP contribution in [-0.2, 0) is 20.8 Å². The fourth-order valence-corrected chi connectivity index (χ4v) is 2.31. The number of rotatable bonds is 6. The Morgan fingerprint density at radius 3 is 3.09 bits per heavy atom. The Bertz CT molecular complexity index is 480. The summed E-state index contributed by atoms with van der Waals surface area (Å²) in [5.74, 6) is 0.703. The second-order valence-corrected chi connectivity index (χ2v) is 5.43. The van der Waals surface area contributed by atoms with Gasteiger partial charge >= 0.3 is 0 Å². The minimum Gasteiger partial charge on any atom is -0.383 e. The molecule has 7 nitrogen and oxygen atoms in total. The molecule has 1 amide bonds. The van der Waals surface area contributed by atoms with Crippen LogP contribution in [0.3, 0.4) is 0 Å². The molecule has 2 rings (SSSR count). The fraction of sp³-hybridized carbons (Fsp3) is 0.600. The second-order valence-electron chi connectivity index (χ2n) is 5.43. The highest BCUT2D eigenvalue weighted by Gasteiger charge is 2.18. The number of carbonyl (C=O) groups is 1. The van der Waals surface area contributed by atoms with Crippen LogP contribution in [0.15, 0.2) is 18.3 Å². The predicted octanol–water partition coefficient (Wildman–Crippen LogP) is -0.103. The third kappa shape index (κ3) is 4.66. The van der Waals surface area contributed by atoms with E-state index in [0.29, 0.717) is 6.54 Å². The Morgan fingerprint density at radius 2 is 2.45 bits per heavy atom. The molecule has 2 atom stereocenters. The van der Waals surface area contributed by atoms with Crippen molar-refractivity contribution in [1.82, 2.24) is 10.3 Å². The summed E-state index contributed by atoms with van der Waals surface area (Å²) in [7, 11) is 1.52. The maximum atomic E-state index is 11.7. The SMILES string of the molecule is COCC(N)C(=O)NCc1ccc(N2CCOC(C)C2)nc1. The van der Waals surface area contributed by atoms with Crippen molar-refractivity contribution >= 4 is 11.7 Å². The molecule has 122 valence electrons. The number of hydrogen-bond acceptors (Lipinski definition) is 6. The van der Waals surface area contributed by atoms with E-state index in [9.17, 15) is 4.79 Å². The van der Waals surface area contributed by atoms with Crippen LogP contribution in [0.25, 0.3) is 0 Å². The van der Waals surface area contributed by atoms with Gasteiger partial charge in [0.15, 0.2) is 0 Å². The molecule has 3 N–H and O–H groups in total. The Morgan fingerprint density at radius 1 is 1.64 bits per heavy atom. The molecule has 0 saturated carbocycles. The van der Waals surface area contributed by atoms with Crippen molar-refractivity contribution in [1.29, 1.82) is 0 Å². The average Bonchev–Trinajstić information content (AvgIpc) is 2.53. The van der Waals surface area contributed by atoms with E-state index in [1.165, 1.54) is 7.11 Å². The third-order valence-electron chi connectivity index (χ3n) is 3.52. The Labute approximate surface area is 130 Å². The van der Waals surface area contributed by atoms with Gasteiger partial charge in [-0.15, -0.1) is 0 Å². The van der Waals surface area contributed by atoms with Gasteiger partial charge in [-0.2, -0.15) is 0 Å². The summed E-state index contributed by atoms with van der Waals surface area (Å²) in [6.45, 7) is 5.08. The Kier molecular flexibility index (Phi) is 6.11. The molecule has 1 aromatic heterocycles. The zero-order valence-corrected chi connectivity index (χ0v) is 13.1. The van der Waals surface area contributed by atoms with Crippen molar-refractivity contribution in [2.24, 2.45) is 5.73 Å². The highest BCUT2D eigenvalue weighted by Crippen LogP contribution is 2.15. The number of nitrogens with two attached hydrogens (primary N) is 1. The lowest BCUT2D eigenvalue weighted by Crippen LogP contribution is -2.43. The molecule has 0 aromatic carbocycles. The summed E-state index contributed by atoms with van der Waals surface area (Å²) >= 11 is 0. The van der Waals surface area contributed by atoms with Gasteiger partial charge in [-0.1, -0.05) is 6.07 Å². The number of aromatic nitrogens is 1. The van der Waals surface area contributed by atoms with Crippen LogP contribution in [0.1, 0.15) is 12.5 Å². The van der Waals surface area contributed by atoms with Crippen molar-refractivity contribution in [3.63, 3.8) is 0 Å². The van der Waals surface area contributed by atoms with Crippen molar-refractivity contribution in [3.05, 3.63) is 23.9 Å². The van der Waals surface area contributed by atoms with Gasteiger partial charge in [0.25, 0.3) is 0 Å². The molecular weight excluding hydrogens is 284 g/mol. The molecule has 0 radical (unpaired) electrons. The first-order valence-corrected chi connectivity index (χ1v) is 7.44. The third-order valence-corrected chi connectivity index (χ3v) is 3.52. The van der Waals surface area contributed by atoms with Crippen molar-refractivity contribution in [2.75, 3.05) is 38.3 Å². The first-order valence-electron chi connectivity index (χ1n) is 7.44. The van der Waals surface area contributed by atoms with Crippen LogP contribution in [0, 0.1) is 0 Å². The largest absolute Gasteiger partial charge is 0.383 e. The molecule has 2 heterocycles. The van der Waals surface area contributed by atoms with Crippen LogP contribution in [-0.4, -0.2) is 56.5 Å². The van der Waals surface area contributed by atoms with Gasteiger partial charge in [0.1, 0.15) is 11.9 Å². The molecule has 7 heteroatoms. The summed E-state index contributed by atoms with van der Waals surface area (Å²) in [4.78, 5) is 18.4. The normalized spacial score (nSPS) is 19.8. The molecule has 1 aromatic rings. The summed E-state index contributed by atoms with van der Waals surface area (Å²) in [6.07, 6.45) is 1.99. The van der Waals surface area contributed by atoms with Crippen LogP contribution in [0.4, 0.5) is 5.82 Å². The summed E-state index contributed by atoms with van der Waals surface area (Å²) < 4.78 is 10.4. The van der Waals surface area contributed by atoms with E-state index >= 15 is 0 Å². The van der Waals surface area contributed by atoms with E-state index in [0.717, 1.165) is 31.1 Å². The van der Waals surface area contributed by atoms with E-state index in [2.05, 4.69) is 22.1 Å². The van der Waals surface area contributed by atoms with Crippen LogP contribution >= 0.6 is 0 Å². The van der Waals surface area contributed by atoms with Gasteiger partial charge in [0.05, 0.1) is 19.3 Å². The van der Waals surface area contributed by atoms with Gasteiger partial charge in [-0.05, 0) is 18.6 Å². The number of ether oxygens (including phenoxy) is 2. The van der Waals surface area contributed by atoms with Crippen molar-refractivity contribution in [2.45, 2.75) is 25.6 Å². The van der Waals surface area contributed by atoms with Gasteiger partial charge in [-0.25, -0.2) is 4.98 Å². The van der Waals surface area contributed by atoms with Gasteiger partial charge in [-0.3, -0.25) is 4.79 Å². The molecule has 0 spiro atoms. The highest BCUT2D eigenvalue weighted by molar-refractivity contribution is 5.81. The molecule has 1 aliphatic rings. The van der Waals surface area contributed by atoms with Crippen LogP contribution in [0.2, 0.25) is 0 Å². The Hall–Kier alpha value is -1.70. The zero-order chi connectivity index (χ0) is 15.9. The first-order chi connectivity index (χ1) is 10.6. The highest BCUT2D eigenvalue weighted by atomic mass is 16.5. The lowest BCUT2D eigenvalue weighted by Gasteiger charge is -2.32. The summed E-state index contributed by atoms with van der Waals surface area (Å²) in [5.41, 5.74) is 6.59. The van der Waals surface area contributed by atoms with E-state index in [1.54, 1.807) is 6.20 Å². The number of methoxy groups -OCH3 is 1. The number of pyridine rings is 1. The lowest BCUT2D eigenvalue weighted by atomic mass is 10.2. The van der Waals surface area contributed by atoms with Gasteiger partial charge in [0.2, 0.25) is 5.91 Å². The molecule has 1 saturated heterocycles. The molecular formula is C15H24N4O3. The maximum absolute atomic E-state index is 11.7. The van der Waals surface area contributed by atoms with Crippen molar-refractivity contribution < 1.29 is 14.3 Å². The van der Waals surface area contributed by atoms with E-state index < -0.39 is 6.04 Å². The quantitative estimate of drug-likeness (QED) is 0.762. The molecule has 22 heavy (non-hydrogen) atoms. The van der Waals surface area contributed by atoms with E-state index in [4.69, 9.17) is 15.2 Å². The minimum absolute atomic E-state index is 0.207. The monoisotopic (exact) mass is 308 g/mol. The number of anilines is 1. The number of hydrogen-bond donors (Lipinski definition) is 2. The van der Waals surface area contributed by atoms with E-state index in [1.807, 2.05) is 12.1 Å². The predicted molar refractivity (Wildman–Crippen MR) is 83.6 cm³/mol.